The van der Waals surface area contributed by atoms with Crippen molar-refractivity contribution < 1.29 is 67.3 Å². The minimum atomic E-state index is -1.06. The Morgan fingerprint density at radius 1 is 0.730 bits per heavy atom. The van der Waals surface area contributed by atoms with Crippen molar-refractivity contribution in [2.45, 2.75) is 195 Å². The summed E-state index contributed by atoms with van der Waals surface area (Å²) in [5, 5.41) is 18.3. The van der Waals surface area contributed by atoms with Crippen molar-refractivity contribution in [2.24, 2.45) is 58.8 Å². The van der Waals surface area contributed by atoms with E-state index in [2.05, 4.69) is 16.0 Å². The first-order valence-corrected chi connectivity index (χ1v) is 31.9. The second kappa shape index (κ2) is 38.7. The molecule has 1 heterocycles. The number of unbranched alkanes of at least 4 members (excludes halogenated alkanes) is 2. The lowest BCUT2D eigenvalue weighted by Gasteiger charge is -2.41. The van der Waals surface area contributed by atoms with E-state index in [1.165, 1.54) is 26.2 Å². The number of amides is 7. The van der Waals surface area contributed by atoms with Crippen LogP contribution < -0.4 is 27.4 Å². The largest absolute Gasteiger partial charge is 0.481 e. The number of anilines is 1. The number of hydrogen-bond donors (Lipinski definition) is 6. The molecule has 0 bridgehead atoms. The van der Waals surface area contributed by atoms with E-state index >= 15 is 0 Å². The second-order valence-electron chi connectivity index (χ2n) is 25.2. The quantitative estimate of drug-likeness (QED) is 0.0344. The highest BCUT2D eigenvalue weighted by Gasteiger charge is 2.44. The summed E-state index contributed by atoms with van der Waals surface area (Å²) in [5.74, 6) is -7.54. The molecule has 0 aromatic heterocycles. The summed E-state index contributed by atoms with van der Waals surface area (Å²) in [7, 11) is 6.15. The normalized spacial score (nSPS) is 16.6. The number of ketones is 3. The molecular weight excluding hydrogens is 1140 g/mol. The molecule has 1 aliphatic rings. The number of ether oxygens (including phenoxy) is 3. The van der Waals surface area contributed by atoms with Gasteiger partial charge in [0.25, 0.3) is 0 Å². The topological polar surface area (TPSA) is 316 Å². The first-order valence-electron chi connectivity index (χ1n) is 31.9. The summed E-state index contributed by atoms with van der Waals surface area (Å²) in [6.45, 7) is 17.6. The first kappa shape index (κ1) is 76.5. The van der Waals surface area contributed by atoms with Crippen LogP contribution in [-0.4, -0.2) is 163 Å². The number of carbonyl (C=O) groups is 10. The number of nitrogens with one attached hydrogen (secondary N) is 3. The van der Waals surface area contributed by atoms with Gasteiger partial charge in [-0.3, -0.25) is 38.4 Å². The Morgan fingerprint density at radius 2 is 1.38 bits per heavy atom. The molecule has 498 valence electrons. The van der Waals surface area contributed by atoms with Crippen molar-refractivity contribution >= 4 is 64.8 Å². The van der Waals surface area contributed by atoms with E-state index in [0.717, 1.165) is 18.4 Å². The molecule has 11 atom stereocenters. The molecule has 2 aromatic carbocycles. The summed E-state index contributed by atoms with van der Waals surface area (Å²) in [4.78, 5) is 140. The molecule has 3 rings (SSSR count). The number of aliphatic carboxylic acids is 1. The molecule has 0 aliphatic carbocycles. The molecule has 1 saturated heterocycles. The minimum absolute atomic E-state index is 0.0886. The number of hydrogen-bond acceptors (Lipinski definition) is 14. The van der Waals surface area contributed by atoms with Crippen LogP contribution in [0.2, 0.25) is 0 Å². The number of likely N-dealkylation sites (N-methyl/N-ethyl adjacent to an activating group) is 2. The summed E-state index contributed by atoms with van der Waals surface area (Å²) in [6.07, 6.45) is 2.28. The maximum Gasteiger partial charge on any atom is 0.410 e. The van der Waals surface area contributed by atoms with Crippen molar-refractivity contribution in [2.75, 3.05) is 53.3 Å². The van der Waals surface area contributed by atoms with E-state index < -0.39 is 84.0 Å². The first-order chi connectivity index (χ1) is 42.1. The number of nitrogens with zero attached hydrogens (tertiary/aromatic N) is 3. The number of methoxy groups -OCH3 is 2. The predicted molar refractivity (Wildman–Crippen MR) is 341 cm³/mol. The van der Waals surface area contributed by atoms with Gasteiger partial charge in [0.2, 0.25) is 23.6 Å². The molecule has 8 N–H and O–H groups in total. The van der Waals surface area contributed by atoms with E-state index in [-0.39, 0.29) is 117 Å². The fourth-order valence-corrected chi connectivity index (χ4v) is 12.2. The van der Waals surface area contributed by atoms with Gasteiger partial charge in [-0.25, -0.2) is 9.59 Å². The van der Waals surface area contributed by atoms with E-state index in [0.29, 0.717) is 56.4 Å². The number of urea groups is 1. The average Bonchev–Trinajstić information content (AvgIpc) is 2.09. The fraction of sp³-hybridized carbons (Fsp3) is 0.672. The van der Waals surface area contributed by atoms with E-state index in [1.807, 2.05) is 85.7 Å². The zero-order valence-electron chi connectivity index (χ0n) is 55.3. The third-order valence-electron chi connectivity index (χ3n) is 17.6. The highest BCUT2D eigenvalue weighted by molar-refractivity contribution is 5.97. The number of benzene rings is 2. The van der Waals surface area contributed by atoms with Crippen molar-refractivity contribution in [3.63, 3.8) is 0 Å². The molecule has 1 aliphatic heterocycles. The zero-order chi connectivity index (χ0) is 66.7. The number of carboxylic acids is 1. The lowest BCUT2D eigenvalue weighted by atomic mass is 9.83. The molecule has 22 heteroatoms. The van der Waals surface area contributed by atoms with E-state index in [9.17, 15) is 53.1 Å². The Hall–Kier alpha value is -6.78. The van der Waals surface area contributed by atoms with Crippen LogP contribution in [0.1, 0.15) is 157 Å². The number of likely N-dealkylation sites (tertiary alicyclic amines) is 1. The number of primary amides is 1. The van der Waals surface area contributed by atoms with E-state index in [1.54, 1.807) is 48.0 Å². The number of carboxylic acid groups (broad SMARTS) is 1. The van der Waals surface area contributed by atoms with Gasteiger partial charge in [0, 0.05) is 90.5 Å². The summed E-state index contributed by atoms with van der Waals surface area (Å²) in [6, 6.07) is 12.2. The van der Waals surface area contributed by atoms with Crippen molar-refractivity contribution in [3.8, 4) is 0 Å². The van der Waals surface area contributed by atoms with Gasteiger partial charge in [0.15, 0.2) is 11.6 Å². The van der Waals surface area contributed by atoms with Crippen LogP contribution in [0, 0.1) is 47.3 Å². The number of Topliss-reactive ketones (excluding diaryl/α,β-unsaturated/α-hetero) is 3. The van der Waals surface area contributed by atoms with Crippen LogP contribution in [0.3, 0.4) is 0 Å². The van der Waals surface area contributed by atoms with Gasteiger partial charge in [-0.2, -0.15) is 0 Å². The monoisotopic (exact) mass is 1250 g/mol. The Bertz CT molecular complexity index is 2600. The third kappa shape index (κ3) is 24.2. The Balaban J connectivity index is 1.71. The van der Waals surface area contributed by atoms with Crippen LogP contribution in [-0.2, 0) is 65.6 Å². The van der Waals surface area contributed by atoms with Gasteiger partial charge in [-0.15, -0.1) is 0 Å². The predicted octanol–water partition coefficient (Wildman–Crippen LogP) is 7.96. The maximum atomic E-state index is 14.9. The molecule has 89 heavy (non-hydrogen) atoms. The van der Waals surface area contributed by atoms with Gasteiger partial charge in [-0.1, -0.05) is 118 Å². The summed E-state index contributed by atoms with van der Waals surface area (Å²) >= 11 is 0. The Labute approximate surface area is 528 Å². The lowest BCUT2D eigenvalue weighted by Crippen LogP contribution is -2.54. The van der Waals surface area contributed by atoms with E-state index in [4.69, 9.17) is 25.7 Å². The highest BCUT2D eigenvalue weighted by Crippen LogP contribution is 2.33. The molecule has 0 radical (unpaired) electrons. The summed E-state index contributed by atoms with van der Waals surface area (Å²) in [5.41, 5.74) is 12.6. The van der Waals surface area contributed by atoms with Crippen LogP contribution in [0.15, 0.2) is 54.6 Å². The third-order valence-corrected chi connectivity index (χ3v) is 17.6. The van der Waals surface area contributed by atoms with Crippen LogP contribution >= 0.6 is 0 Å². The van der Waals surface area contributed by atoms with Gasteiger partial charge in [0.05, 0.1) is 48.7 Å². The average molecular weight is 1250 g/mol. The Morgan fingerprint density at radius 3 is 1.94 bits per heavy atom. The van der Waals surface area contributed by atoms with Crippen LogP contribution in [0.4, 0.5) is 15.3 Å². The van der Waals surface area contributed by atoms with Gasteiger partial charge < -0.3 is 61.4 Å². The van der Waals surface area contributed by atoms with Gasteiger partial charge >= 0.3 is 18.1 Å². The molecule has 7 amide bonds. The maximum absolute atomic E-state index is 14.9. The second-order valence-corrected chi connectivity index (χ2v) is 25.2. The lowest BCUT2D eigenvalue weighted by molar-refractivity contribution is -0.149. The Kier molecular flexibility index (Phi) is 33.2. The summed E-state index contributed by atoms with van der Waals surface area (Å²) < 4.78 is 17.8. The fourth-order valence-electron chi connectivity index (χ4n) is 12.2. The zero-order valence-corrected chi connectivity index (χ0v) is 55.3. The van der Waals surface area contributed by atoms with Gasteiger partial charge in [-0.05, 0) is 98.4 Å². The number of nitrogens with two attached hydrogens (primary N) is 2. The molecule has 0 spiro atoms. The van der Waals surface area contributed by atoms with Crippen molar-refractivity contribution in [1.29, 1.82) is 0 Å². The standard InChI is InChI=1S/C67H106N8O14/c1-14-44(8)61(56(87-12)39-58(80)75-34-22-26-52(75)62(88-13)45(9)53(76)37-49(65(83)84)35-46-23-17-15-18-24-46)73(10)64(82)51(41(2)3)38-55(78)60(43(6)7)74(11)67(86)89-40-47-28-30-50(31-29-47)71-63(81)48(25-21-33-70-66(69)85)36-54(77)59(42(4)5)72-57(79)27-19-16-20-32-68/h15,17-18,23-24,28-31,41-45,48-49,51-52,56,59-62H,14,16,19-22,25-27,32-40,68H2,1-13H3,(H,71,81)(H,72,79)(H,83,84)(H3,69,70,85)/t44-,45-,48?,49+,51-,52-,56+,59-,60-,61-,62+/m0/s1. The molecule has 22 nitrogen and oxygen atoms in total. The minimum Gasteiger partial charge on any atom is -0.481 e. The number of rotatable bonds is 41. The number of carbonyl (C=O) groups excluding carboxylic acids is 9. The van der Waals surface area contributed by atoms with Crippen LogP contribution in [0.5, 0.6) is 0 Å². The SMILES string of the molecule is CC[C@H](C)[C@@H]([C@@H](CC(=O)N1CCC[C@H]1[C@H](OC)[C@@H](C)C(=O)C[C@@H](Cc1ccccc1)C(=O)O)OC)N(C)C(=O)[C@@H](CC(=O)[C@H](C(C)C)N(C)C(=O)OCc1ccc(NC(=O)C(CCCNC(N)=O)CC(=O)[C@@H](NC(=O)CCCCCN)C(C)C)cc1)C(C)C. The molecule has 2 aromatic rings. The molecule has 0 saturated carbocycles. The van der Waals surface area contributed by atoms with Crippen LogP contribution in [0.25, 0.3) is 0 Å². The smallest absolute Gasteiger partial charge is 0.410 e. The van der Waals surface area contributed by atoms with Crippen molar-refractivity contribution in [3.05, 3.63) is 65.7 Å². The molecule has 1 unspecified atom stereocenters. The van der Waals surface area contributed by atoms with Crippen molar-refractivity contribution in [1.82, 2.24) is 25.3 Å². The molecular formula is C67H106N8O14. The molecule has 1 fully saturated rings. The van der Waals surface area contributed by atoms with Gasteiger partial charge in [0.1, 0.15) is 12.4 Å². The highest BCUT2D eigenvalue weighted by atomic mass is 16.6.